The zero-order chi connectivity index (χ0) is 23.7. The molecule has 2 aliphatic rings. The molecule has 0 bridgehead atoms. The molecular formula is C26H28N4O3S. The van der Waals surface area contributed by atoms with Crippen LogP contribution < -0.4 is 10.6 Å². The number of amides is 1. The molecule has 0 radical (unpaired) electrons. The molecule has 3 aromatic rings. The van der Waals surface area contributed by atoms with Gasteiger partial charge < -0.3 is 10.6 Å². The van der Waals surface area contributed by atoms with E-state index in [4.69, 9.17) is 0 Å². The van der Waals surface area contributed by atoms with E-state index in [1.54, 1.807) is 16.4 Å². The Bertz CT molecular complexity index is 1300. The molecule has 3 heterocycles. The normalized spacial score (nSPS) is 17.1. The molecule has 1 amide bonds. The lowest BCUT2D eigenvalue weighted by molar-refractivity contribution is -0.121. The number of sulfonamides is 1. The fourth-order valence-corrected chi connectivity index (χ4v) is 6.01. The first-order valence-corrected chi connectivity index (χ1v) is 13.0. The van der Waals surface area contributed by atoms with Crippen molar-refractivity contribution in [3.05, 3.63) is 77.5 Å². The summed E-state index contributed by atoms with van der Waals surface area (Å²) in [4.78, 5) is 16.4. The number of hydrogen-bond acceptors (Lipinski definition) is 5. The third-order valence-corrected chi connectivity index (χ3v) is 8.49. The van der Waals surface area contributed by atoms with Crippen LogP contribution >= 0.6 is 0 Å². The highest BCUT2D eigenvalue weighted by Crippen LogP contribution is 2.28. The van der Waals surface area contributed by atoms with Crippen LogP contribution in [0.25, 0.3) is 11.1 Å². The zero-order valence-corrected chi connectivity index (χ0v) is 19.9. The standard InChI is InChI=1S/C26H28N4O3S/c1-18-2-9-25(27-16-18)29-23-10-12-30(13-11-23)34(32,33)24-7-5-19(6-8-24)20-3-4-21-17-28-26(31)15-22(21)14-20/h2-9,14,16,23H,10-13,15,17H2,1H3,(H,27,29)(H,28,31). The summed E-state index contributed by atoms with van der Waals surface area (Å²) in [6.07, 6.45) is 3.66. The molecule has 0 saturated carbocycles. The lowest BCUT2D eigenvalue weighted by Gasteiger charge is -2.32. The zero-order valence-electron chi connectivity index (χ0n) is 19.1. The number of nitrogens with one attached hydrogen (secondary N) is 2. The van der Waals surface area contributed by atoms with E-state index in [0.717, 1.165) is 46.5 Å². The molecular weight excluding hydrogens is 448 g/mol. The van der Waals surface area contributed by atoms with Crippen molar-refractivity contribution in [2.75, 3.05) is 18.4 Å². The van der Waals surface area contributed by atoms with Crippen LogP contribution in [0.15, 0.2) is 65.7 Å². The Morgan fingerprint density at radius 1 is 0.971 bits per heavy atom. The van der Waals surface area contributed by atoms with E-state index in [0.29, 0.717) is 31.0 Å². The van der Waals surface area contributed by atoms with Gasteiger partial charge in [0, 0.05) is 31.9 Å². The van der Waals surface area contributed by atoms with E-state index >= 15 is 0 Å². The van der Waals surface area contributed by atoms with Gasteiger partial charge in [-0.05, 0) is 65.8 Å². The number of pyridine rings is 1. The number of aromatic nitrogens is 1. The molecule has 1 saturated heterocycles. The first kappa shape index (κ1) is 22.6. The van der Waals surface area contributed by atoms with Gasteiger partial charge >= 0.3 is 0 Å². The van der Waals surface area contributed by atoms with Crippen molar-refractivity contribution in [3.63, 3.8) is 0 Å². The first-order valence-electron chi connectivity index (χ1n) is 11.6. The number of rotatable bonds is 5. The molecule has 8 heteroatoms. The van der Waals surface area contributed by atoms with Crippen molar-refractivity contribution in [1.82, 2.24) is 14.6 Å². The van der Waals surface area contributed by atoms with E-state index in [9.17, 15) is 13.2 Å². The largest absolute Gasteiger partial charge is 0.367 e. The van der Waals surface area contributed by atoms with Gasteiger partial charge in [0.25, 0.3) is 0 Å². The molecule has 2 aromatic carbocycles. The number of nitrogens with zero attached hydrogens (tertiary/aromatic N) is 2. The van der Waals surface area contributed by atoms with E-state index in [-0.39, 0.29) is 11.9 Å². The Morgan fingerprint density at radius 3 is 2.41 bits per heavy atom. The number of aryl methyl sites for hydroxylation is 1. The number of fused-ring (bicyclic) bond motifs is 1. The second-order valence-corrected chi connectivity index (χ2v) is 10.9. The summed E-state index contributed by atoms with van der Waals surface area (Å²) in [6.45, 7) is 3.50. The van der Waals surface area contributed by atoms with Crippen molar-refractivity contribution in [3.8, 4) is 11.1 Å². The van der Waals surface area contributed by atoms with Crippen molar-refractivity contribution < 1.29 is 13.2 Å². The van der Waals surface area contributed by atoms with Crippen molar-refractivity contribution in [2.24, 2.45) is 0 Å². The monoisotopic (exact) mass is 476 g/mol. The van der Waals surface area contributed by atoms with Gasteiger partial charge in [-0.2, -0.15) is 4.31 Å². The minimum absolute atomic E-state index is 0.0280. The Morgan fingerprint density at radius 2 is 1.71 bits per heavy atom. The summed E-state index contributed by atoms with van der Waals surface area (Å²) in [5.74, 6) is 0.852. The third kappa shape index (κ3) is 4.69. The fraction of sp³-hybridized carbons (Fsp3) is 0.308. The van der Waals surface area contributed by atoms with Gasteiger partial charge in [-0.15, -0.1) is 0 Å². The van der Waals surface area contributed by atoms with Gasteiger partial charge in [0.2, 0.25) is 15.9 Å². The maximum Gasteiger partial charge on any atom is 0.243 e. The van der Waals surface area contributed by atoms with Crippen LogP contribution in [0.5, 0.6) is 0 Å². The van der Waals surface area contributed by atoms with Gasteiger partial charge in [-0.3, -0.25) is 4.79 Å². The van der Waals surface area contributed by atoms with Crippen LogP contribution in [0.2, 0.25) is 0 Å². The third-order valence-electron chi connectivity index (χ3n) is 6.58. The topological polar surface area (TPSA) is 91.4 Å². The molecule has 5 rings (SSSR count). The predicted octanol–water partition coefficient (Wildman–Crippen LogP) is 3.49. The van der Waals surface area contributed by atoms with Crippen molar-refractivity contribution in [2.45, 2.75) is 43.7 Å². The highest BCUT2D eigenvalue weighted by Gasteiger charge is 2.29. The molecule has 1 fully saturated rings. The summed E-state index contributed by atoms with van der Waals surface area (Å²) in [5, 5.41) is 6.26. The average Bonchev–Trinajstić information content (AvgIpc) is 2.85. The van der Waals surface area contributed by atoms with E-state index in [1.807, 2.05) is 55.6 Å². The molecule has 0 atom stereocenters. The number of anilines is 1. The Hall–Kier alpha value is -3.23. The molecule has 2 aliphatic heterocycles. The predicted molar refractivity (Wildman–Crippen MR) is 132 cm³/mol. The quantitative estimate of drug-likeness (QED) is 0.588. The van der Waals surface area contributed by atoms with Gasteiger partial charge in [-0.1, -0.05) is 36.4 Å². The number of carbonyl (C=O) groups is 1. The molecule has 2 N–H and O–H groups in total. The highest BCUT2D eigenvalue weighted by molar-refractivity contribution is 7.89. The lowest BCUT2D eigenvalue weighted by Crippen LogP contribution is -2.42. The second kappa shape index (κ2) is 9.19. The SMILES string of the molecule is Cc1ccc(NC2CCN(S(=O)(=O)c3ccc(-c4ccc5c(c4)CC(=O)NC5)cc3)CC2)nc1. The minimum atomic E-state index is -3.55. The Kier molecular flexibility index (Phi) is 6.10. The second-order valence-electron chi connectivity index (χ2n) is 9.00. The van der Waals surface area contributed by atoms with Gasteiger partial charge in [-0.25, -0.2) is 13.4 Å². The van der Waals surface area contributed by atoms with Gasteiger partial charge in [0.15, 0.2) is 0 Å². The average molecular weight is 477 g/mol. The van der Waals surface area contributed by atoms with Gasteiger partial charge in [0.05, 0.1) is 11.3 Å². The Labute approximate surface area is 200 Å². The van der Waals surface area contributed by atoms with Crippen LogP contribution in [0.1, 0.15) is 29.5 Å². The smallest absolute Gasteiger partial charge is 0.243 e. The molecule has 0 aliphatic carbocycles. The highest BCUT2D eigenvalue weighted by atomic mass is 32.2. The maximum atomic E-state index is 13.2. The molecule has 0 unspecified atom stereocenters. The summed E-state index contributed by atoms with van der Waals surface area (Å²) in [6, 6.07) is 17.3. The summed E-state index contributed by atoms with van der Waals surface area (Å²) in [7, 11) is -3.55. The maximum absolute atomic E-state index is 13.2. The van der Waals surface area contributed by atoms with E-state index in [2.05, 4.69) is 15.6 Å². The molecule has 7 nitrogen and oxygen atoms in total. The van der Waals surface area contributed by atoms with Crippen LogP contribution in [-0.4, -0.2) is 42.7 Å². The summed E-state index contributed by atoms with van der Waals surface area (Å²) < 4.78 is 28.0. The van der Waals surface area contributed by atoms with Crippen molar-refractivity contribution >= 4 is 21.7 Å². The van der Waals surface area contributed by atoms with E-state index in [1.165, 1.54) is 0 Å². The first-order chi connectivity index (χ1) is 16.4. The molecule has 34 heavy (non-hydrogen) atoms. The van der Waals surface area contributed by atoms with Crippen LogP contribution in [0.4, 0.5) is 5.82 Å². The fourth-order valence-electron chi connectivity index (χ4n) is 4.54. The minimum Gasteiger partial charge on any atom is -0.367 e. The van der Waals surface area contributed by atoms with Gasteiger partial charge in [0.1, 0.15) is 5.82 Å². The van der Waals surface area contributed by atoms with Crippen LogP contribution in [0.3, 0.4) is 0 Å². The summed E-state index contributed by atoms with van der Waals surface area (Å²) in [5.41, 5.74) is 5.17. The molecule has 176 valence electrons. The number of benzene rings is 2. The number of carbonyl (C=O) groups excluding carboxylic acids is 1. The number of hydrogen-bond donors (Lipinski definition) is 2. The van der Waals surface area contributed by atoms with Crippen LogP contribution in [0, 0.1) is 6.92 Å². The van der Waals surface area contributed by atoms with E-state index < -0.39 is 10.0 Å². The Balaban J connectivity index is 1.25. The number of piperidine rings is 1. The van der Waals surface area contributed by atoms with Crippen LogP contribution in [-0.2, 0) is 27.8 Å². The summed E-state index contributed by atoms with van der Waals surface area (Å²) >= 11 is 0. The lowest BCUT2D eigenvalue weighted by atomic mass is 9.95. The molecule has 0 spiro atoms. The molecule has 1 aromatic heterocycles. The van der Waals surface area contributed by atoms with Crippen molar-refractivity contribution in [1.29, 1.82) is 0 Å².